The summed E-state index contributed by atoms with van der Waals surface area (Å²) in [7, 11) is 0. The van der Waals surface area contributed by atoms with Gasteiger partial charge in [0.25, 0.3) is 5.91 Å². The molecule has 3 aromatic rings. The minimum atomic E-state index is -0.557. The lowest BCUT2D eigenvalue weighted by Crippen LogP contribution is -2.31. The molecule has 0 aliphatic rings. The van der Waals surface area contributed by atoms with Crippen LogP contribution >= 0.6 is 11.6 Å². The van der Waals surface area contributed by atoms with E-state index in [4.69, 9.17) is 11.6 Å². The van der Waals surface area contributed by atoms with Crippen LogP contribution in [0.5, 0.6) is 0 Å². The van der Waals surface area contributed by atoms with Gasteiger partial charge < -0.3 is 20.7 Å². The van der Waals surface area contributed by atoms with E-state index in [0.717, 1.165) is 11.1 Å². The lowest BCUT2D eigenvalue weighted by Gasteiger charge is -2.16. The smallest absolute Gasteiger partial charge is 0.268 e. The molecule has 146 valence electrons. The quantitative estimate of drug-likeness (QED) is 0.487. The number of aliphatic hydroxyl groups excluding tert-OH is 1. The third-order valence-electron chi connectivity index (χ3n) is 4.07. The summed E-state index contributed by atoms with van der Waals surface area (Å²) in [6.07, 6.45) is 3.19. The average Bonchev–Trinajstić information content (AvgIpc) is 3.16. The molecule has 0 aliphatic heterocycles. The summed E-state index contributed by atoms with van der Waals surface area (Å²) in [6.45, 7) is 3.81. The Hall–Kier alpha value is -2.90. The third kappa shape index (κ3) is 4.88. The molecule has 0 fully saturated rings. The van der Waals surface area contributed by atoms with Crippen LogP contribution in [0.3, 0.4) is 0 Å². The highest BCUT2D eigenvalue weighted by Crippen LogP contribution is 2.21. The van der Waals surface area contributed by atoms with E-state index in [2.05, 4.69) is 25.6 Å². The van der Waals surface area contributed by atoms with E-state index in [9.17, 15) is 9.90 Å². The summed E-state index contributed by atoms with van der Waals surface area (Å²) in [5.41, 5.74) is 2.56. The van der Waals surface area contributed by atoms with E-state index in [1.54, 1.807) is 36.5 Å². The van der Waals surface area contributed by atoms with Crippen LogP contribution in [0.1, 0.15) is 35.9 Å². The number of aliphatic hydroxyl groups is 1. The molecule has 2 heterocycles. The van der Waals surface area contributed by atoms with Gasteiger partial charge in [0.1, 0.15) is 17.8 Å². The first kappa shape index (κ1) is 19.9. The van der Waals surface area contributed by atoms with Gasteiger partial charge in [-0.1, -0.05) is 23.7 Å². The predicted molar refractivity (Wildman–Crippen MR) is 109 cm³/mol. The van der Waals surface area contributed by atoms with Gasteiger partial charge in [0.05, 0.1) is 18.3 Å². The van der Waals surface area contributed by atoms with Crippen LogP contribution < -0.4 is 10.6 Å². The Morgan fingerprint density at radius 2 is 2.07 bits per heavy atom. The van der Waals surface area contributed by atoms with Crippen molar-refractivity contribution in [3.05, 3.63) is 65.2 Å². The van der Waals surface area contributed by atoms with Crippen LogP contribution in [0, 0.1) is 0 Å². The summed E-state index contributed by atoms with van der Waals surface area (Å²) in [4.78, 5) is 24.0. The second kappa shape index (κ2) is 8.86. The van der Waals surface area contributed by atoms with Gasteiger partial charge in [-0.2, -0.15) is 0 Å². The molecule has 2 aromatic heterocycles. The number of amides is 1. The number of H-pyrrole nitrogens is 1. The summed E-state index contributed by atoms with van der Waals surface area (Å²) < 4.78 is 0. The molecule has 0 radical (unpaired) electrons. The normalized spacial score (nSPS) is 12.0. The lowest BCUT2D eigenvalue weighted by molar-refractivity contribution is 0.0912. The van der Waals surface area contributed by atoms with Gasteiger partial charge in [0.15, 0.2) is 0 Å². The number of carbonyl (C=O) groups is 1. The standard InChI is InChI=1S/C20H22ClN5O2/c1-12(2)25-19-8-16(23-11-24-19)14-7-17(22-9-14)20(28)26-18(10-27)13-4-3-5-15(21)6-13/h3-9,11-12,18,22,27H,10H2,1-2H3,(H,26,28)(H,23,24,25)/t18-/m1/s1. The Balaban J connectivity index is 1.75. The molecule has 7 nitrogen and oxygen atoms in total. The van der Waals surface area contributed by atoms with Crippen molar-refractivity contribution in [1.82, 2.24) is 20.3 Å². The Morgan fingerprint density at radius 3 is 2.79 bits per heavy atom. The van der Waals surface area contributed by atoms with Gasteiger partial charge in [-0.25, -0.2) is 9.97 Å². The van der Waals surface area contributed by atoms with Gasteiger partial charge in [0, 0.05) is 28.9 Å². The van der Waals surface area contributed by atoms with E-state index in [-0.39, 0.29) is 18.6 Å². The minimum Gasteiger partial charge on any atom is -0.394 e. The fourth-order valence-corrected chi connectivity index (χ4v) is 2.96. The van der Waals surface area contributed by atoms with E-state index < -0.39 is 6.04 Å². The maximum Gasteiger partial charge on any atom is 0.268 e. The van der Waals surface area contributed by atoms with Crippen LogP contribution in [-0.4, -0.2) is 38.6 Å². The van der Waals surface area contributed by atoms with E-state index in [0.29, 0.717) is 22.2 Å². The molecule has 4 N–H and O–H groups in total. The lowest BCUT2D eigenvalue weighted by atomic mass is 10.1. The van der Waals surface area contributed by atoms with E-state index >= 15 is 0 Å². The van der Waals surface area contributed by atoms with Crippen molar-refractivity contribution < 1.29 is 9.90 Å². The fourth-order valence-electron chi connectivity index (χ4n) is 2.76. The first-order valence-corrected chi connectivity index (χ1v) is 9.28. The van der Waals surface area contributed by atoms with Gasteiger partial charge in [-0.15, -0.1) is 0 Å². The van der Waals surface area contributed by atoms with Gasteiger partial charge in [-0.05, 0) is 37.6 Å². The number of carbonyl (C=O) groups excluding carboxylic acids is 1. The molecule has 8 heteroatoms. The summed E-state index contributed by atoms with van der Waals surface area (Å²) in [6, 6.07) is 10.3. The number of aromatic nitrogens is 3. The minimum absolute atomic E-state index is 0.240. The average molecular weight is 400 g/mol. The number of halogens is 1. The van der Waals surface area contributed by atoms with Crippen molar-refractivity contribution in [2.75, 3.05) is 11.9 Å². The molecule has 0 saturated heterocycles. The van der Waals surface area contributed by atoms with Gasteiger partial charge >= 0.3 is 0 Å². The molecular formula is C20H22ClN5O2. The predicted octanol–water partition coefficient (Wildman–Crippen LogP) is 3.41. The summed E-state index contributed by atoms with van der Waals surface area (Å²) in [5, 5.41) is 16.2. The highest BCUT2D eigenvalue weighted by Gasteiger charge is 2.17. The van der Waals surface area contributed by atoms with Crippen molar-refractivity contribution >= 4 is 23.3 Å². The Morgan fingerprint density at radius 1 is 1.25 bits per heavy atom. The first-order chi connectivity index (χ1) is 13.5. The van der Waals surface area contributed by atoms with Crippen molar-refractivity contribution in [3.8, 4) is 11.3 Å². The molecule has 0 unspecified atom stereocenters. The zero-order chi connectivity index (χ0) is 20.1. The second-order valence-electron chi connectivity index (χ2n) is 6.65. The van der Waals surface area contributed by atoms with Crippen LogP contribution in [-0.2, 0) is 0 Å². The number of benzene rings is 1. The largest absolute Gasteiger partial charge is 0.394 e. The Labute approximate surface area is 168 Å². The highest BCUT2D eigenvalue weighted by atomic mass is 35.5. The molecule has 1 amide bonds. The molecule has 1 atom stereocenters. The second-order valence-corrected chi connectivity index (χ2v) is 7.09. The van der Waals surface area contributed by atoms with E-state index in [1.807, 2.05) is 19.9 Å². The zero-order valence-electron chi connectivity index (χ0n) is 15.6. The molecule has 28 heavy (non-hydrogen) atoms. The van der Waals surface area contributed by atoms with Crippen LogP contribution in [0.2, 0.25) is 5.02 Å². The number of hydrogen-bond donors (Lipinski definition) is 4. The first-order valence-electron chi connectivity index (χ1n) is 8.91. The van der Waals surface area contributed by atoms with Crippen molar-refractivity contribution in [2.45, 2.75) is 25.9 Å². The number of aromatic amines is 1. The van der Waals surface area contributed by atoms with Crippen molar-refractivity contribution in [2.24, 2.45) is 0 Å². The number of anilines is 1. The molecule has 1 aromatic carbocycles. The molecular weight excluding hydrogens is 378 g/mol. The van der Waals surface area contributed by atoms with Gasteiger partial charge in [-0.3, -0.25) is 4.79 Å². The van der Waals surface area contributed by atoms with Crippen molar-refractivity contribution in [1.29, 1.82) is 0 Å². The molecule has 0 aliphatic carbocycles. The molecule has 0 saturated carbocycles. The fraction of sp³-hybridized carbons (Fsp3) is 0.250. The zero-order valence-corrected chi connectivity index (χ0v) is 16.4. The summed E-state index contributed by atoms with van der Waals surface area (Å²) >= 11 is 6.00. The highest BCUT2D eigenvalue weighted by molar-refractivity contribution is 6.30. The topological polar surface area (TPSA) is 103 Å². The number of nitrogens with one attached hydrogen (secondary N) is 3. The van der Waals surface area contributed by atoms with E-state index in [1.165, 1.54) is 6.33 Å². The van der Waals surface area contributed by atoms with Gasteiger partial charge in [0.2, 0.25) is 0 Å². The number of hydrogen-bond acceptors (Lipinski definition) is 5. The maximum absolute atomic E-state index is 12.6. The molecule has 0 spiro atoms. The molecule has 3 rings (SSSR count). The Bertz CT molecular complexity index is 957. The summed E-state index contributed by atoms with van der Waals surface area (Å²) in [5.74, 6) is 0.383. The maximum atomic E-state index is 12.6. The SMILES string of the molecule is CC(C)Nc1cc(-c2c[nH]c(C(=O)N[C@H](CO)c3cccc(Cl)c3)c2)ncn1. The van der Waals surface area contributed by atoms with Crippen LogP contribution in [0.4, 0.5) is 5.82 Å². The monoisotopic (exact) mass is 399 g/mol. The van der Waals surface area contributed by atoms with Crippen LogP contribution in [0.15, 0.2) is 48.9 Å². The number of nitrogens with zero attached hydrogens (tertiary/aromatic N) is 2. The number of rotatable bonds is 7. The van der Waals surface area contributed by atoms with Crippen LogP contribution in [0.25, 0.3) is 11.3 Å². The van der Waals surface area contributed by atoms with Crippen molar-refractivity contribution in [3.63, 3.8) is 0 Å². The Kier molecular flexibility index (Phi) is 6.28. The molecule has 0 bridgehead atoms. The third-order valence-corrected chi connectivity index (χ3v) is 4.30.